The van der Waals surface area contributed by atoms with Gasteiger partial charge in [0.05, 0.1) is 18.4 Å². The van der Waals surface area contributed by atoms with E-state index >= 15 is 0 Å². The summed E-state index contributed by atoms with van der Waals surface area (Å²) in [6.07, 6.45) is 2.70. The molecule has 0 amide bonds. The van der Waals surface area contributed by atoms with Crippen LogP contribution in [-0.4, -0.2) is 16.8 Å². The lowest BCUT2D eigenvalue weighted by Crippen LogP contribution is -2.22. The van der Waals surface area contributed by atoms with Gasteiger partial charge in [0, 0.05) is 22.9 Å². The molecule has 4 nitrogen and oxygen atoms in total. The summed E-state index contributed by atoms with van der Waals surface area (Å²) in [5.74, 6) is 0. The number of aromatic nitrogens is 2. The van der Waals surface area contributed by atoms with Crippen molar-refractivity contribution in [3.63, 3.8) is 0 Å². The van der Waals surface area contributed by atoms with Gasteiger partial charge in [0.2, 0.25) is 0 Å². The molecule has 0 fully saturated rings. The first-order valence-corrected chi connectivity index (χ1v) is 6.37. The summed E-state index contributed by atoms with van der Waals surface area (Å²) < 4.78 is 1.48. The normalized spacial score (nSPS) is 10.5. The Kier molecular flexibility index (Phi) is 3.58. The minimum Gasteiger partial charge on any atom is -0.387 e. The van der Waals surface area contributed by atoms with Crippen LogP contribution < -0.4 is 10.9 Å². The molecular weight excluding hydrogens is 234 g/mol. The third kappa shape index (κ3) is 2.74. The van der Waals surface area contributed by atoms with Crippen LogP contribution in [0.2, 0.25) is 0 Å². The molecule has 0 aliphatic carbocycles. The standard InChI is InChI=1S/C12H15N3OS/c1-3-10-4-5-11(17-10)8-15-12(16)6-9(13-2)7-14-15/h4-7,13H,3,8H2,1-2H3. The quantitative estimate of drug-likeness (QED) is 0.901. The molecule has 0 spiro atoms. The van der Waals surface area contributed by atoms with E-state index in [-0.39, 0.29) is 5.56 Å². The van der Waals surface area contributed by atoms with Crippen molar-refractivity contribution in [2.24, 2.45) is 0 Å². The minimum absolute atomic E-state index is 0.0803. The summed E-state index contributed by atoms with van der Waals surface area (Å²) in [6.45, 7) is 2.68. The summed E-state index contributed by atoms with van der Waals surface area (Å²) in [7, 11) is 1.77. The van der Waals surface area contributed by atoms with E-state index in [1.54, 1.807) is 30.6 Å². The summed E-state index contributed by atoms with van der Waals surface area (Å²) >= 11 is 1.73. The molecule has 2 aromatic rings. The number of rotatable bonds is 4. The average molecular weight is 249 g/mol. The zero-order valence-corrected chi connectivity index (χ0v) is 10.8. The molecule has 2 rings (SSSR count). The van der Waals surface area contributed by atoms with Gasteiger partial charge in [0.1, 0.15) is 0 Å². The van der Waals surface area contributed by atoms with Gasteiger partial charge >= 0.3 is 0 Å². The summed E-state index contributed by atoms with van der Waals surface area (Å²) in [5.41, 5.74) is 0.662. The van der Waals surface area contributed by atoms with Crippen LogP contribution in [-0.2, 0) is 13.0 Å². The molecule has 0 bridgehead atoms. The molecule has 17 heavy (non-hydrogen) atoms. The van der Waals surface area contributed by atoms with Crippen molar-refractivity contribution >= 4 is 17.0 Å². The monoisotopic (exact) mass is 249 g/mol. The van der Waals surface area contributed by atoms with Gasteiger partial charge in [-0.25, -0.2) is 4.68 Å². The third-order valence-electron chi connectivity index (χ3n) is 2.53. The van der Waals surface area contributed by atoms with E-state index in [4.69, 9.17) is 0 Å². The zero-order chi connectivity index (χ0) is 12.3. The van der Waals surface area contributed by atoms with E-state index in [1.165, 1.54) is 9.56 Å². The Morgan fingerprint density at radius 1 is 1.41 bits per heavy atom. The maximum Gasteiger partial charge on any atom is 0.269 e. The highest BCUT2D eigenvalue weighted by Gasteiger charge is 2.03. The Morgan fingerprint density at radius 3 is 2.76 bits per heavy atom. The van der Waals surface area contributed by atoms with Crippen molar-refractivity contribution in [1.29, 1.82) is 0 Å². The van der Waals surface area contributed by atoms with Crippen molar-refractivity contribution in [3.05, 3.63) is 44.5 Å². The number of anilines is 1. The van der Waals surface area contributed by atoms with Crippen LogP contribution in [0.1, 0.15) is 16.7 Å². The lowest BCUT2D eigenvalue weighted by molar-refractivity contribution is 0.646. The van der Waals surface area contributed by atoms with E-state index < -0.39 is 0 Å². The zero-order valence-electron chi connectivity index (χ0n) is 9.93. The number of hydrogen-bond donors (Lipinski definition) is 1. The Labute approximate surface area is 104 Å². The van der Waals surface area contributed by atoms with Gasteiger partial charge in [-0.2, -0.15) is 5.10 Å². The van der Waals surface area contributed by atoms with Crippen molar-refractivity contribution in [3.8, 4) is 0 Å². The Bertz CT molecular complexity index is 559. The number of hydrogen-bond acceptors (Lipinski definition) is 4. The predicted octanol–water partition coefficient (Wildman–Crippen LogP) is 1.96. The topological polar surface area (TPSA) is 46.9 Å². The Balaban J connectivity index is 2.21. The van der Waals surface area contributed by atoms with Gasteiger partial charge in [-0.3, -0.25) is 4.79 Å². The van der Waals surface area contributed by atoms with Gasteiger partial charge in [-0.15, -0.1) is 11.3 Å². The second-order valence-corrected chi connectivity index (χ2v) is 4.96. The van der Waals surface area contributed by atoms with Gasteiger partial charge < -0.3 is 5.32 Å². The molecule has 0 aromatic carbocycles. The number of aryl methyl sites for hydroxylation is 1. The van der Waals surface area contributed by atoms with Gasteiger partial charge in [0.25, 0.3) is 5.56 Å². The molecule has 0 aliphatic rings. The molecule has 0 saturated carbocycles. The lowest BCUT2D eigenvalue weighted by atomic mass is 10.3. The SMILES string of the molecule is CCc1ccc(Cn2ncc(NC)cc2=O)s1. The van der Waals surface area contributed by atoms with E-state index in [0.717, 1.165) is 17.0 Å². The fourth-order valence-electron chi connectivity index (χ4n) is 1.53. The highest BCUT2D eigenvalue weighted by atomic mass is 32.1. The van der Waals surface area contributed by atoms with Crippen LogP contribution in [0.5, 0.6) is 0 Å². The molecule has 0 saturated heterocycles. The molecule has 5 heteroatoms. The first-order chi connectivity index (χ1) is 8.22. The van der Waals surface area contributed by atoms with Crippen LogP contribution in [0.25, 0.3) is 0 Å². The van der Waals surface area contributed by atoms with Crippen molar-refractivity contribution in [2.45, 2.75) is 19.9 Å². The highest BCUT2D eigenvalue weighted by Crippen LogP contribution is 2.17. The largest absolute Gasteiger partial charge is 0.387 e. The fourth-order valence-corrected chi connectivity index (χ4v) is 2.47. The lowest BCUT2D eigenvalue weighted by Gasteiger charge is -2.03. The highest BCUT2D eigenvalue weighted by molar-refractivity contribution is 7.11. The average Bonchev–Trinajstić information content (AvgIpc) is 2.79. The Hall–Kier alpha value is -1.62. The summed E-state index contributed by atoms with van der Waals surface area (Å²) in [4.78, 5) is 14.2. The first kappa shape index (κ1) is 11.9. The van der Waals surface area contributed by atoms with Crippen molar-refractivity contribution < 1.29 is 0 Å². The smallest absolute Gasteiger partial charge is 0.269 e. The van der Waals surface area contributed by atoms with Gasteiger partial charge in [-0.05, 0) is 18.6 Å². The van der Waals surface area contributed by atoms with Crippen molar-refractivity contribution in [1.82, 2.24) is 9.78 Å². The molecular formula is C12H15N3OS. The van der Waals surface area contributed by atoms with E-state index in [1.807, 2.05) is 0 Å². The van der Waals surface area contributed by atoms with Crippen LogP contribution in [0, 0.1) is 0 Å². The molecule has 0 atom stereocenters. The van der Waals surface area contributed by atoms with Crippen molar-refractivity contribution in [2.75, 3.05) is 12.4 Å². The van der Waals surface area contributed by atoms with Crippen LogP contribution in [0.15, 0.2) is 29.2 Å². The molecule has 1 N–H and O–H groups in total. The molecule has 0 unspecified atom stereocenters. The first-order valence-electron chi connectivity index (χ1n) is 5.55. The maximum absolute atomic E-state index is 11.7. The van der Waals surface area contributed by atoms with E-state index in [9.17, 15) is 4.79 Å². The maximum atomic E-state index is 11.7. The second kappa shape index (κ2) is 5.14. The Morgan fingerprint density at radius 2 is 2.18 bits per heavy atom. The van der Waals surface area contributed by atoms with E-state index in [0.29, 0.717) is 6.54 Å². The minimum atomic E-state index is -0.0803. The molecule has 90 valence electrons. The van der Waals surface area contributed by atoms with Gasteiger partial charge in [-0.1, -0.05) is 6.92 Å². The number of nitrogens with zero attached hydrogens (tertiary/aromatic N) is 2. The van der Waals surface area contributed by atoms with Crippen LogP contribution in [0.4, 0.5) is 5.69 Å². The molecule has 0 radical (unpaired) electrons. The third-order valence-corrected chi connectivity index (χ3v) is 3.74. The molecule has 0 aliphatic heterocycles. The second-order valence-electron chi connectivity index (χ2n) is 3.71. The van der Waals surface area contributed by atoms with E-state index in [2.05, 4.69) is 29.5 Å². The summed E-state index contributed by atoms with van der Waals surface area (Å²) in [5, 5.41) is 7.03. The van der Waals surface area contributed by atoms with Gasteiger partial charge in [0.15, 0.2) is 0 Å². The molecule has 2 heterocycles. The molecule has 2 aromatic heterocycles. The number of thiophene rings is 1. The summed E-state index contributed by atoms with van der Waals surface area (Å²) in [6, 6.07) is 5.72. The van der Waals surface area contributed by atoms with Crippen LogP contribution in [0.3, 0.4) is 0 Å². The predicted molar refractivity (Wildman–Crippen MR) is 70.8 cm³/mol. The fraction of sp³-hybridized carbons (Fsp3) is 0.333. The van der Waals surface area contributed by atoms with Crippen LogP contribution >= 0.6 is 11.3 Å². The number of nitrogens with one attached hydrogen (secondary N) is 1.